The number of pyridine rings is 2. The van der Waals surface area contributed by atoms with Crippen molar-refractivity contribution < 1.29 is 0 Å². The minimum Gasteiger partial charge on any atom is -0.339 e. The van der Waals surface area contributed by atoms with Crippen LogP contribution < -0.4 is 5.32 Å². The number of aryl methyl sites for hydroxylation is 1. The first-order chi connectivity index (χ1) is 15.3. The van der Waals surface area contributed by atoms with E-state index >= 15 is 0 Å². The van der Waals surface area contributed by atoms with Gasteiger partial charge in [-0.2, -0.15) is 0 Å². The molecule has 5 aromatic rings. The summed E-state index contributed by atoms with van der Waals surface area (Å²) in [5, 5.41) is 3.56. The van der Waals surface area contributed by atoms with Gasteiger partial charge in [0, 0.05) is 18.1 Å². The van der Waals surface area contributed by atoms with Crippen LogP contribution in [0, 0.1) is 11.8 Å². The highest BCUT2D eigenvalue weighted by Crippen LogP contribution is 2.35. The molecule has 0 saturated heterocycles. The van der Waals surface area contributed by atoms with Crippen molar-refractivity contribution in [2.24, 2.45) is 0 Å². The van der Waals surface area contributed by atoms with Gasteiger partial charge in [0.2, 0.25) is 0 Å². The van der Waals surface area contributed by atoms with Crippen LogP contribution in [0.5, 0.6) is 0 Å². The van der Waals surface area contributed by atoms with E-state index in [2.05, 4.69) is 70.0 Å². The molecule has 1 aromatic carbocycles. The monoisotopic (exact) mass is 420 g/mol. The second-order valence-electron chi connectivity index (χ2n) is 7.05. The quantitative estimate of drug-likeness (QED) is 0.354. The normalized spacial score (nSPS) is 10.6. The van der Waals surface area contributed by atoms with Crippen LogP contribution in [0.1, 0.15) is 23.1 Å². The fraction of sp³-hybridized carbons (Fsp3) is 0.0769. The maximum atomic E-state index is 4.97. The molecule has 1 N–H and O–H groups in total. The SMILES string of the molecule is CCc1ccn2c(Nc3ccccc3)c(-c3ccc(C#Cc4ccccn4)s3)nc2c1. The summed E-state index contributed by atoms with van der Waals surface area (Å²) in [6, 6.07) is 24.4. The molecule has 0 fully saturated rings. The Morgan fingerprint density at radius 3 is 2.65 bits per heavy atom. The summed E-state index contributed by atoms with van der Waals surface area (Å²) in [6.45, 7) is 2.16. The number of nitrogens with one attached hydrogen (secondary N) is 1. The lowest BCUT2D eigenvalue weighted by molar-refractivity contribution is 1.10. The number of imidazole rings is 1. The molecule has 5 heteroatoms. The molecule has 0 spiro atoms. The Balaban J connectivity index is 1.57. The smallest absolute Gasteiger partial charge is 0.144 e. The van der Waals surface area contributed by atoms with E-state index in [0.29, 0.717) is 0 Å². The summed E-state index contributed by atoms with van der Waals surface area (Å²) in [6.07, 6.45) is 4.82. The zero-order valence-corrected chi connectivity index (χ0v) is 17.9. The molecule has 0 radical (unpaired) electrons. The minimum absolute atomic E-state index is 0.767. The highest BCUT2D eigenvalue weighted by atomic mass is 32.1. The highest BCUT2D eigenvalue weighted by molar-refractivity contribution is 7.16. The minimum atomic E-state index is 0.767. The van der Waals surface area contributed by atoms with E-state index in [4.69, 9.17) is 4.98 Å². The highest BCUT2D eigenvalue weighted by Gasteiger charge is 2.16. The van der Waals surface area contributed by atoms with E-state index in [9.17, 15) is 0 Å². The average Bonchev–Trinajstić information content (AvgIpc) is 3.43. The molecule has 31 heavy (non-hydrogen) atoms. The van der Waals surface area contributed by atoms with Gasteiger partial charge in [-0.1, -0.05) is 31.2 Å². The molecule has 150 valence electrons. The van der Waals surface area contributed by atoms with Gasteiger partial charge in [0.15, 0.2) is 0 Å². The van der Waals surface area contributed by atoms with E-state index < -0.39 is 0 Å². The molecule has 0 amide bonds. The van der Waals surface area contributed by atoms with Gasteiger partial charge < -0.3 is 5.32 Å². The summed E-state index contributed by atoms with van der Waals surface area (Å²) in [5.41, 5.74) is 4.92. The van der Waals surface area contributed by atoms with Crippen molar-refractivity contribution in [3.05, 3.63) is 101 Å². The van der Waals surface area contributed by atoms with Crippen LogP contribution in [-0.4, -0.2) is 14.4 Å². The van der Waals surface area contributed by atoms with Crippen molar-refractivity contribution in [1.29, 1.82) is 0 Å². The summed E-state index contributed by atoms with van der Waals surface area (Å²) in [7, 11) is 0. The van der Waals surface area contributed by atoms with Gasteiger partial charge >= 0.3 is 0 Å². The topological polar surface area (TPSA) is 42.2 Å². The van der Waals surface area contributed by atoms with Crippen LogP contribution in [0.15, 0.2) is 85.2 Å². The number of anilines is 2. The lowest BCUT2D eigenvalue weighted by Gasteiger charge is -2.08. The van der Waals surface area contributed by atoms with Crippen molar-refractivity contribution in [1.82, 2.24) is 14.4 Å². The van der Waals surface area contributed by atoms with Crippen LogP contribution in [0.2, 0.25) is 0 Å². The molecule has 5 rings (SSSR count). The number of thiophene rings is 1. The molecular weight excluding hydrogens is 400 g/mol. The van der Waals surface area contributed by atoms with Gasteiger partial charge in [0.1, 0.15) is 22.9 Å². The third kappa shape index (κ3) is 4.07. The Morgan fingerprint density at radius 1 is 0.968 bits per heavy atom. The van der Waals surface area contributed by atoms with Crippen LogP contribution in [0.4, 0.5) is 11.5 Å². The summed E-state index contributed by atoms with van der Waals surface area (Å²) >= 11 is 1.64. The van der Waals surface area contributed by atoms with Crippen molar-refractivity contribution >= 4 is 28.5 Å². The van der Waals surface area contributed by atoms with Gasteiger partial charge in [-0.15, -0.1) is 11.3 Å². The van der Waals surface area contributed by atoms with Gasteiger partial charge in [0.05, 0.1) is 9.75 Å². The second-order valence-corrected chi connectivity index (χ2v) is 8.13. The van der Waals surface area contributed by atoms with Crippen LogP contribution >= 0.6 is 11.3 Å². The number of nitrogens with zero attached hydrogens (tertiary/aromatic N) is 3. The molecule has 0 aliphatic heterocycles. The van der Waals surface area contributed by atoms with Gasteiger partial charge in [-0.25, -0.2) is 9.97 Å². The Morgan fingerprint density at radius 2 is 1.84 bits per heavy atom. The first-order valence-corrected chi connectivity index (χ1v) is 11.0. The van der Waals surface area contributed by atoms with Crippen molar-refractivity contribution in [3.8, 4) is 22.4 Å². The lowest BCUT2D eigenvalue weighted by Crippen LogP contribution is -1.96. The number of aromatic nitrogens is 3. The molecule has 0 saturated carbocycles. The molecule has 0 aliphatic rings. The molecular formula is C26H20N4S. The van der Waals surface area contributed by atoms with Crippen molar-refractivity contribution in [3.63, 3.8) is 0 Å². The summed E-state index contributed by atoms with van der Waals surface area (Å²) in [4.78, 5) is 11.3. The molecule has 0 bridgehead atoms. The van der Waals surface area contributed by atoms with E-state index in [1.807, 2.05) is 42.5 Å². The van der Waals surface area contributed by atoms with E-state index in [1.54, 1.807) is 17.5 Å². The Bertz CT molecular complexity index is 1390. The predicted molar refractivity (Wildman–Crippen MR) is 128 cm³/mol. The van der Waals surface area contributed by atoms with Gasteiger partial charge in [0.25, 0.3) is 0 Å². The van der Waals surface area contributed by atoms with Crippen molar-refractivity contribution in [2.75, 3.05) is 5.32 Å². The fourth-order valence-electron chi connectivity index (χ4n) is 3.35. The molecule has 0 aliphatic carbocycles. The zero-order chi connectivity index (χ0) is 21.0. The maximum absolute atomic E-state index is 4.97. The lowest BCUT2D eigenvalue weighted by atomic mass is 10.2. The third-order valence-electron chi connectivity index (χ3n) is 4.95. The first-order valence-electron chi connectivity index (χ1n) is 10.2. The van der Waals surface area contributed by atoms with E-state index in [-0.39, 0.29) is 0 Å². The van der Waals surface area contributed by atoms with Gasteiger partial charge in [-0.3, -0.25) is 4.40 Å². The van der Waals surface area contributed by atoms with E-state index in [0.717, 1.165) is 44.7 Å². The molecule has 4 aromatic heterocycles. The van der Waals surface area contributed by atoms with E-state index in [1.165, 1.54) is 5.56 Å². The standard InChI is InChI=1S/C26H20N4S/c1-2-19-15-17-30-24(18-19)29-25(26(30)28-21-9-4-3-5-10-21)23-14-13-22(31-23)12-11-20-8-6-7-16-27-20/h3-10,13-18,28H,2H2,1H3. The molecule has 4 heterocycles. The van der Waals surface area contributed by atoms with Crippen LogP contribution in [-0.2, 0) is 6.42 Å². The number of hydrogen-bond donors (Lipinski definition) is 1. The number of para-hydroxylation sites is 1. The number of rotatable bonds is 4. The first kappa shape index (κ1) is 19.1. The predicted octanol–water partition coefficient (Wildman–Crippen LogP) is 6.16. The zero-order valence-electron chi connectivity index (χ0n) is 17.0. The number of benzene rings is 1. The second kappa shape index (κ2) is 8.47. The maximum Gasteiger partial charge on any atom is 0.144 e. The average molecular weight is 421 g/mol. The van der Waals surface area contributed by atoms with Crippen molar-refractivity contribution in [2.45, 2.75) is 13.3 Å². The molecule has 0 atom stereocenters. The Hall–Kier alpha value is -3.88. The Labute approximate surface area is 185 Å². The number of fused-ring (bicyclic) bond motifs is 1. The van der Waals surface area contributed by atoms with Gasteiger partial charge in [-0.05, 0) is 72.4 Å². The summed E-state index contributed by atoms with van der Waals surface area (Å²) in [5.74, 6) is 7.31. The Kier molecular flexibility index (Phi) is 5.22. The molecule has 4 nitrogen and oxygen atoms in total. The van der Waals surface area contributed by atoms with Crippen LogP contribution in [0.3, 0.4) is 0 Å². The largest absolute Gasteiger partial charge is 0.339 e. The third-order valence-corrected chi connectivity index (χ3v) is 5.96. The molecule has 0 unspecified atom stereocenters. The van der Waals surface area contributed by atoms with Crippen LogP contribution in [0.25, 0.3) is 16.2 Å². The fourth-order valence-corrected chi connectivity index (χ4v) is 4.20. The summed E-state index contributed by atoms with van der Waals surface area (Å²) < 4.78 is 2.11. The number of hydrogen-bond acceptors (Lipinski definition) is 4.